The SMILES string of the molecule is O=C(Cc1csc(-c2ccc(F)cc2)n1)Nc1ccc2c(c1)OCCCO2. The lowest BCUT2D eigenvalue weighted by Gasteiger charge is -2.10. The number of carbonyl (C=O) groups excluding carboxylic acids is 1. The summed E-state index contributed by atoms with van der Waals surface area (Å²) in [5.41, 5.74) is 2.15. The zero-order chi connectivity index (χ0) is 18.6. The number of hydrogen-bond acceptors (Lipinski definition) is 5. The molecule has 0 unspecified atom stereocenters. The van der Waals surface area contributed by atoms with Gasteiger partial charge in [0.15, 0.2) is 11.5 Å². The summed E-state index contributed by atoms with van der Waals surface area (Å²) in [5.74, 6) is 0.872. The molecule has 0 radical (unpaired) electrons. The molecule has 1 aliphatic rings. The van der Waals surface area contributed by atoms with Crippen LogP contribution in [0.1, 0.15) is 12.1 Å². The molecule has 0 aliphatic carbocycles. The maximum atomic E-state index is 13.0. The van der Waals surface area contributed by atoms with Crippen molar-refractivity contribution in [1.82, 2.24) is 4.98 Å². The van der Waals surface area contributed by atoms with Crippen LogP contribution in [0.5, 0.6) is 11.5 Å². The van der Waals surface area contributed by atoms with Crippen molar-refractivity contribution < 1.29 is 18.7 Å². The Hall–Kier alpha value is -2.93. The van der Waals surface area contributed by atoms with Gasteiger partial charge < -0.3 is 14.8 Å². The number of anilines is 1. The molecule has 5 nitrogen and oxygen atoms in total. The first-order valence-electron chi connectivity index (χ1n) is 8.57. The van der Waals surface area contributed by atoms with Crippen LogP contribution in [0.4, 0.5) is 10.1 Å². The van der Waals surface area contributed by atoms with Crippen molar-refractivity contribution in [1.29, 1.82) is 0 Å². The minimum atomic E-state index is -0.287. The third-order valence-corrected chi connectivity index (χ3v) is 4.96. The van der Waals surface area contributed by atoms with Crippen LogP contribution in [-0.2, 0) is 11.2 Å². The van der Waals surface area contributed by atoms with Crippen molar-refractivity contribution in [3.05, 3.63) is 59.4 Å². The molecule has 138 valence electrons. The summed E-state index contributed by atoms with van der Waals surface area (Å²) in [4.78, 5) is 16.8. The van der Waals surface area contributed by atoms with Crippen molar-refractivity contribution in [2.75, 3.05) is 18.5 Å². The second kappa shape index (κ2) is 7.75. The fourth-order valence-corrected chi connectivity index (χ4v) is 3.55. The smallest absolute Gasteiger partial charge is 0.230 e. The van der Waals surface area contributed by atoms with E-state index in [1.807, 2.05) is 5.38 Å². The number of hydrogen-bond donors (Lipinski definition) is 1. The molecule has 3 aromatic rings. The molecular weight excluding hydrogens is 367 g/mol. The number of thiazole rings is 1. The maximum Gasteiger partial charge on any atom is 0.230 e. The van der Waals surface area contributed by atoms with E-state index in [1.165, 1.54) is 23.5 Å². The molecule has 2 heterocycles. The van der Waals surface area contributed by atoms with E-state index < -0.39 is 0 Å². The van der Waals surface area contributed by atoms with Crippen molar-refractivity contribution in [3.8, 4) is 22.1 Å². The summed E-state index contributed by atoms with van der Waals surface area (Å²) < 4.78 is 24.3. The van der Waals surface area contributed by atoms with E-state index in [-0.39, 0.29) is 18.1 Å². The number of carbonyl (C=O) groups is 1. The first kappa shape index (κ1) is 17.5. The fraction of sp³-hybridized carbons (Fsp3) is 0.200. The van der Waals surface area contributed by atoms with Gasteiger partial charge in [-0.25, -0.2) is 9.37 Å². The highest BCUT2D eigenvalue weighted by Crippen LogP contribution is 2.32. The molecule has 0 fully saturated rings. The van der Waals surface area contributed by atoms with Crippen LogP contribution in [-0.4, -0.2) is 24.1 Å². The van der Waals surface area contributed by atoms with Gasteiger partial charge >= 0.3 is 0 Å². The Morgan fingerprint density at radius 1 is 1.11 bits per heavy atom. The predicted molar refractivity (Wildman–Crippen MR) is 102 cm³/mol. The lowest BCUT2D eigenvalue weighted by Crippen LogP contribution is -2.14. The third kappa shape index (κ3) is 4.25. The molecule has 1 aliphatic heterocycles. The predicted octanol–water partition coefficient (Wildman–Crippen LogP) is 4.29. The Bertz CT molecular complexity index is 956. The largest absolute Gasteiger partial charge is 0.490 e. The standard InChI is InChI=1S/C20H17FN2O3S/c21-14-4-2-13(3-5-14)20-23-16(12-27-20)11-19(24)22-15-6-7-17-18(10-15)26-9-1-8-25-17/h2-7,10,12H,1,8-9,11H2,(H,22,24). The van der Waals surface area contributed by atoms with E-state index in [9.17, 15) is 9.18 Å². The molecule has 1 amide bonds. The van der Waals surface area contributed by atoms with E-state index in [1.54, 1.807) is 30.3 Å². The van der Waals surface area contributed by atoms with Crippen LogP contribution in [0.25, 0.3) is 10.6 Å². The molecule has 1 aromatic heterocycles. The molecule has 27 heavy (non-hydrogen) atoms. The summed E-state index contributed by atoms with van der Waals surface area (Å²) in [7, 11) is 0. The fourth-order valence-electron chi connectivity index (χ4n) is 2.72. The molecule has 4 rings (SSSR count). The number of fused-ring (bicyclic) bond motifs is 1. The summed E-state index contributed by atoms with van der Waals surface area (Å²) >= 11 is 1.43. The van der Waals surface area contributed by atoms with Crippen molar-refractivity contribution in [2.24, 2.45) is 0 Å². The van der Waals surface area contributed by atoms with Crippen LogP contribution in [0.15, 0.2) is 47.8 Å². The minimum absolute atomic E-state index is 0.159. The molecule has 0 atom stereocenters. The van der Waals surface area contributed by atoms with Gasteiger partial charge in [0.2, 0.25) is 5.91 Å². The van der Waals surface area contributed by atoms with Gasteiger partial charge in [0.05, 0.1) is 25.3 Å². The zero-order valence-electron chi connectivity index (χ0n) is 14.4. The van der Waals surface area contributed by atoms with Crippen molar-refractivity contribution in [3.63, 3.8) is 0 Å². The Balaban J connectivity index is 1.41. The highest BCUT2D eigenvalue weighted by atomic mass is 32.1. The van der Waals surface area contributed by atoms with Gasteiger partial charge in [0.1, 0.15) is 10.8 Å². The van der Waals surface area contributed by atoms with Crippen molar-refractivity contribution in [2.45, 2.75) is 12.8 Å². The summed E-state index contributed by atoms with van der Waals surface area (Å²) in [6, 6.07) is 11.5. The van der Waals surface area contributed by atoms with Gasteiger partial charge in [-0.3, -0.25) is 4.79 Å². The number of aromatic nitrogens is 1. The van der Waals surface area contributed by atoms with Gasteiger partial charge in [0, 0.05) is 29.1 Å². The number of halogens is 1. The number of nitrogens with one attached hydrogen (secondary N) is 1. The highest BCUT2D eigenvalue weighted by molar-refractivity contribution is 7.13. The van der Waals surface area contributed by atoms with Crippen LogP contribution in [0.3, 0.4) is 0 Å². The second-order valence-electron chi connectivity index (χ2n) is 6.09. The van der Waals surface area contributed by atoms with E-state index in [2.05, 4.69) is 10.3 Å². The molecule has 0 spiro atoms. The van der Waals surface area contributed by atoms with E-state index in [0.717, 1.165) is 17.0 Å². The summed E-state index contributed by atoms with van der Waals surface area (Å²) in [6.07, 6.45) is 0.989. The molecular formula is C20H17FN2O3S. The maximum absolute atomic E-state index is 13.0. The topological polar surface area (TPSA) is 60.5 Å². The third-order valence-electron chi connectivity index (χ3n) is 4.02. The summed E-state index contributed by atoms with van der Waals surface area (Å²) in [5, 5.41) is 5.46. The van der Waals surface area contributed by atoms with Crippen LogP contribution >= 0.6 is 11.3 Å². The van der Waals surface area contributed by atoms with Crippen LogP contribution < -0.4 is 14.8 Å². The Morgan fingerprint density at radius 2 is 1.89 bits per heavy atom. The Labute approximate surface area is 159 Å². The van der Waals surface area contributed by atoms with E-state index in [4.69, 9.17) is 9.47 Å². The van der Waals surface area contributed by atoms with Crippen molar-refractivity contribution >= 4 is 22.9 Å². The van der Waals surface area contributed by atoms with Gasteiger partial charge in [-0.1, -0.05) is 0 Å². The monoisotopic (exact) mass is 384 g/mol. The Kier molecular flexibility index (Phi) is 5.02. The van der Waals surface area contributed by atoms with Gasteiger partial charge in [-0.2, -0.15) is 0 Å². The highest BCUT2D eigenvalue weighted by Gasteiger charge is 2.13. The number of benzene rings is 2. The number of rotatable bonds is 4. The normalized spacial score (nSPS) is 13.1. The molecule has 0 saturated heterocycles. The number of nitrogens with zero attached hydrogens (tertiary/aromatic N) is 1. The summed E-state index contributed by atoms with van der Waals surface area (Å²) in [6.45, 7) is 1.22. The first-order valence-corrected chi connectivity index (χ1v) is 9.45. The van der Waals surface area contributed by atoms with Gasteiger partial charge in [-0.05, 0) is 36.4 Å². The first-order chi connectivity index (χ1) is 13.2. The Morgan fingerprint density at radius 3 is 2.70 bits per heavy atom. The zero-order valence-corrected chi connectivity index (χ0v) is 15.2. The molecule has 2 aromatic carbocycles. The lowest BCUT2D eigenvalue weighted by atomic mass is 10.2. The average molecular weight is 384 g/mol. The number of ether oxygens (including phenoxy) is 2. The average Bonchev–Trinajstić information content (AvgIpc) is 2.99. The lowest BCUT2D eigenvalue weighted by molar-refractivity contribution is -0.115. The number of amides is 1. The van der Waals surface area contributed by atoms with Gasteiger partial charge in [-0.15, -0.1) is 11.3 Å². The molecule has 0 bridgehead atoms. The minimum Gasteiger partial charge on any atom is -0.490 e. The van der Waals surface area contributed by atoms with E-state index >= 15 is 0 Å². The quantitative estimate of drug-likeness (QED) is 0.729. The molecule has 1 N–H and O–H groups in total. The molecule has 0 saturated carbocycles. The van der Waals surface area contributed by atoms with Crippen LogP contribution in [0.2, 0.25) is 0 Å². The van der Waals surface area contributed by atoms with Crippen LogP contribution in [0, 0.1) is 5.82 Å². The second-order valence-corrected chi connectivity index (χ2v) is 6.95. The van der Waals surface area contributed by atoms with E-state index in [0.29, 0.717) is 36.1 Å². The molecule has 7 heteroatoms. The van der Waals surface area contributed by atoms with Gasteiger partial charge in [0.25, 0.3) is 0 Å².